The van der Waals surface area contributed by atoms with Crippen LogP contribution in [0.25, 0.3) is 0 Å². The lowest BCUT2D eigenvalue weighted by molar-refractivity contribution is -0.135. The predicted molar refractivity (Wildman–Crippen MR) is 105 cm³/mol. The van der Waals surface area contributed by atoms with Gasteiger partial charge in [0.05, 0.1) is 12.1 Å². The van der Waals surface area contributed by atoms with E-state index < -0.39 is 17.3 Å². The summed E-state index contributed by atoms with van der Waals surface area (Å²) in [5.74, 6) is -0.109. The van der Waals surface area contributed by atoms with Crippen molar-refractivity contribution in [2.24, 2.45) is 0 Å². The molecule has 5 nitrogen and oxygen atoms in total. The van der Waals surface area contributed by atoms with Gasteiger partial charge in [-0.05, 0) is 37.1 Å². The molecule has 1 atom stereocenters. The predicted octanol–water partition coefficient (Wildman–Crippen LogP) is 3.64. The molecule has 1 N–H and O–H groups in total. The van der Waals surface area contributed by atoms with Crippen molar-refractivity contribution < 1.29 is 19.1 Å². The molecule has 2 aromatic carbocycles. The number of rotatable bonds is 6. The second-order valence-corrected chi connectivity index (χ2v) is 7.08. The van der Waals surface area contributed by atoms with Crippen LogP contribution in [0.5, 0.6) is 0 Å². The average Bonchev–Trinajstić information content (AvgIpc) is 3.23. The number of nitrogens with zero attached hydrogens (tertiary/aromatic N) is 1. The molecule has 0 radical (unpaired) electrons. The van der Waals surface area contributed by atoms with Gasteiger partial charge < -0.3 is 14.4 Å². The SMILES string of the molecule is Cc1ccc(C(=O)CC2(O)C(=O)N(CCc3ccccc3)c3ccccc32)o1. The Kier molecular flexibility index (Phi) is 4.61. The van der Waals surface area contributed by atoms with Gasteiger partial charge in [-0.1, -0.05) is 48.5 Å². The van der Waals surface area contributed by atoms with Gasteiger partial charge in [-0.25, -0.2) is 0 Å². The fraction of sp³-hybridized carbons (Fsp3) is 0.217. The maximum atomic E-state index is 13.2. The van der Waals surface area contributed by atoms with Crippen molar-refractivity contribution >= 4 is 17.4 Å². The molecule has 2 heterocycles. The lowest BCUT2D eigenvalue weighted by atomic mass is 9.89. The second-order valence-electron chi connectivity index (χ2n) is 7.08. The third-order valence-electron chi connectivity index (χ3n) is 5.14. The summed E-state index contributed by atoms with van der Waals surface area (Å²) in [5.41, 5.74) is 0.329. The lowest BCUT2D eigenvalue weighted by Gasteiger charge is -2.22. The average molecular weight is 375 g/mol. The Morgan fingerprint density at radius 3 is 2.46 bits per heavy atom. The summed E-state index contributed by atoms with van der Waals surface area (Å²) in [6.45, 7) is 2.17. The molecule has 1 unspecified atom stereocenters. The first-order chi connectivity index (χ1) is 13.5. The van der Waals surface area contributed by atoms with Crippen molar-refractivity contribution in [3.05, 3.63) is 89.4 Å². The standard InChI is InChI=1S/C23H21NO4/c1-16-11-12-21(28-16)20(25)15-23(27)18-9-5-6-10-19(18)24(22(23)26)14-13-17-7-3-2-4-8-17/h2-12,27H,13-15H2,1H3. The zero-order valence-corrected chi connectivity index (χ0v) is 15.6. The zero-order chi connectivity index (χ0) is 19.7. The molecule has 0 bridgehead atoms. The van der Waals surface area contributed by atoms with Crippen LogP contribution in [-0.2, 0) is 16.8 Å². The molecule has 1 aliphatic rings. The van der Waals surface area contributed by atoms with E-state index in [-0.39, 0.29) is 12.2 Å². The van der Waals surface area contributed by atoms with Gasteiger partial charge in [-0.3, -0.25) is 9.59 Å². The highest BCUT2D eigenvalue weighted by molar-refractivity contribution is 6.10. The zero-order valence-electron chi connectivity index (χ0n) is 15.6. The summed E-state index contributed by atoms with van der Waals surface area (Å²) in [5, 5.41) is 11.3. The Balaban J connectivity index is 1.61. The van der Waals surface area contributed by atoms with Gasteiger partial charge in [0.15, 0.2) is 11.4 Å². The number of aryl methyl sites for hydroxylation is 1. The molecule has 1 amide bonds. The first-order valence-electron chi connectivity index (χ1n) is 9.26. The Hall–Kier alpha value is -3.18. The monoisotopic (exact) mass is 375 g/mol. The number of aliphatic hydroxyl groups is 1. The lowest BCUT2D eigenvalue weighted by Crippen LogP contribution is -2.42. The fourth-order valence-corrected chi connectivity index (χ4v) is 3.69. The maximum absolute atomic E-state index is 13.2. The van der Waals surface area contributed by atoms with Gasteiger partial charge >= 0.3 is 0 Å². The van der Waals surface area contributed by atoms with Crippen molar-refractivity contribution in [1.29, 1.82) is 0 Å². The van der Waals surface area contributed by atoms with Gasteiger partial charge in [0.1, 0.15) is 5.76 Å². The van der Waals surface area contributed by atoms with Crippen LogP contribution < -0.4 is 4.90 Å². The number of para-hydroxylation sites is 1. The van der Waals surface area contributed by atoms with E-state index in [1.54, 1.807) is 42.2 Å². The number of anilines is 1. The number of carbonyl (C=O) groups is 2. The molecule has 0 fully saturated rings. The number of ketones is 1. The van der Waals surface area contributed by atoms with Crippen LogP contribution in [-0.4, -0.2) is 23.3 Å². The van der Waals surface area contributed by atoms with Gasteiger partial charge in [-0.2, -0.15) is 0 Å². The van der Waals surface area contributed by atoms with Crippen LogP contribution in [0.15, 0.2) is 71.1 Å². The summed E-state index contributed by atoms with van der Waals surface area (Å²) in [7, 11) is 0. The topological polar surface area (TPSA) is 70.8 Å². The Labute approximate surface area is 163 Å². The minimum atomic E-state index is -1.88. The van der Waals surface area contributed by atoms with E-state index >= 15 is 0 Å². The quantitative estimate of drug-likeness (QED) is 0.668. The largest absolute Gasteiger partial charge is 0.458 e. The molecule has 1 aromatic heterocycles. The van der Waals surface area contributed by atoms with E-state index in [2.05, 4.69) is 0 Å². The number of amides is 1. The van der Waals surface area contributed by atoms with Crippen LogP contribution in [0.4, 0.5) is 5.69 Å². The van der Waals surface area contributed by atoms with E-state index in [9.17, 15) is 14.7 Å². The van der Waals surface area contributed by atoms with Crippen LogP contribution >= 0.6 is 0 Å². The van der Waals surface area contributed by atoms with Crippen molar-refractivity contribution in [3.8, 4) is 0 Å². The Morgan fingerprint density at radius 2 is 1.75 bits per heavy atom. The van der Waals surface area contributed by atoms with E-state index in [0.29, 0.717) is 30.0 Å². The first-order valence-corrected chi connectivity index (χ1v) is 9.26. The van der Waals surface area contributed by atoms with E-state index in [0.717, 1.165) is 5.56 Å². The smallest absolute Gasteiger partial charge is 0.264 e. The molecule has 4 rings (SSSR count). The summed E-state index contributed by atoms with van der Waals surface area (Å²) in [4.78, 5) is 27.4. The van der Waals surface area contributed by atoms with Gasteiger partial charge in [-0.15, -0.1) is 0 Å². The molecule has 0 saturated heterocycles. The number of fused-ring (bicyclic) bond motifs is 1. The third-order valence-corrected chi connectivity index (χ3v) is 5.14. The highest BCUT2D eigenvalue weighted by Gasteiger charge is 2.50. The van der Waals surface area contributed by atoms with Gasteiger partial charge in [0, 0.05) is 12.1 Å². The van der Waals surface area contributed by atoms with E-state index in [1.807, 2.05) is 36.4 Å². The molecule has 28 heavy (non-hydrogen) atoms. The number of benzene rings is 2. The molecular formula is C23H21NO4. The minimum Gasteiger partial charge on any atom is -0.458 e. The van der Waals surface area contributed by atoms with Crippen molar-refractivity contribution in [3.63, 3.8) is 0 Å². The fourth-order valence-electron chi connectivity index (χ4n) is 3.69. The molecule has 0 aliphatic carbocycles. The highest BCUT2D eigenvalue weighted by Crippen LogP contribution is 2.42. The van der Waals surface area contributed by atoms with Gasteiger partial charge in [0.25, 0.3) is 5.91 Å². The number of Topliss-reactive ketones (excluding diaryl/α,β-unsaturated/α-hetero) is 1. The van der Waals surface area contributed by atoms with Crippen LogP contribution in [0.3, 0.4) is 0 Å². The third kappa shape index (κ3) is 3.14. The molecule has 0 saturated carbocycles. The summed E-state index contributed by atoms with van der Waals surface area (Å²) in [6.07, 6.45) is 0.306. The summed E-state index contributed by atoms with van der Waals surface area (Å²) in [6, 6.07) is 20.2. The second kappa shape index (κ2) is 7.09. The first kappa shape index (κ1) is 18.2. The minimum absolute atomic E-state index is 0.152. The number of furan rings is 1. The molecule has 3 aromatic rings. The highest BCUT2D eigenvalue weighted by atomic mass is 16.3. The molecule has 142 valence electrons. The van der Waals surface area contributed by atoms with Crippen molar-refractivity contribution in [2.75, 3.05) is 11.4 Å². The number of carbonyl (C=O) groups excluding carboxylic acids is 2. The maximum Gasteiger partial charge on any atom is 0.264 e. The number of hydrogen-bond acceptors (Lipinski definition) is 4. The summed E-state index contributed by atoms with van der Waals surface area (Å²) < 4.78 is 5.37. The number of hydrogen-bond donors (Lipinski definition) is 1. The summed E-state index contributed by atoms with van der Waals surface area (Å²) >= 11 is 0. The van der Waals surface area contributed by atoms with Crippen LogP contribution in [0.2, 0.25) is 0 Å². The molecular weight excluding hydrogens is 354 g/mol. The van der Waals surface area contributed by atoms with Crippen molar-refractivity contribution in [1.82, 2.24) is 0 Å². The van der Waals surface area contributed by atoms with Crippen LogP contribution in [0.1, 0.15) is 33.9 Å². The van der Waals surface area contributed by atoms with Gasteiger partial charge in [0.2, 0.25) is 5.78 Å². The normalized spacial score (nSPS) is 18.4. The molecule has 1 aliphatic heterocycles. The Bertz CT molecular complexity index is 1020. The Morgan fingerprint density at radius 1 is 1.04 bits per heavy atom. The van der Waals surface area contributed by atoms with E-state index in [1.165, 1.54) is 0 Å². The molecule has 5 heteroatoms. The van der Waals surface area contributed by atoms with Crippen LogP contribution in [0, 0.1) is 6.92 Å². The van der Waals surface area contributed by atoms with Crippen molar-refractivity contribution in [2.45, 2.75) is 25.4 Å². The molecule has 0 spiro atoms. The van der Waals surface area contributed by atoms with E-state index in [4.69, 9.17) is 4.42 Å².